The topological polar surface area (TPSA) is 26.3 Å². The highest BCUT2D eigenvalue weighted by molar-refractivity contribution is 8.00. The van der Waals surface area contributed by atoms with Crippen molar-refractivity contribution >= 4 is 17.5 Å². The lowest BCUT2D eigenvalue weighted by molar-refractivity contribution is 0.102. The van der Waals surface area contributed by atoms with Crippen LogP contribution < -0.4 is 4.74 Å². The number of carbonyl (C=O) groups is 1. The predicted molar refractivity (Wildman–Crippen MR) is 83.9 cm³/mol. The van der Waals surface area contributed by atoms with Crippen LogP contribution >= 0.6 is 11.8 Å². The van der Waals surface area contributed by atoms with Crippen molar-refractivity contribution in [3.05, 3.63) is 58.9 Å². The second-order valence-electron chi connectivity index (χ2n) is 4.81. The summed E-state index contributed by atoms with van der Waals surface area (Å²) in [5.41, 5.74) is 2.79. The van der Waals surface area contributed by atoms with Crippen LogP contribution in [0.25, 0.3) is 0 Å². The first-order valence-electron chi connectivity index (χ1n) is 6.58. The third-order valence-corrected chi connectivity index (χ3v) is 4.32. The van der Waals surface area contributed by atoms with Crippen LogP contribution in [0.5, 0.6) is 5.75 Å². The number of ether oxygens (including phenoxy) is 1. The van der Waals surface area contributed by atoms with E-state index in [9.17, 15) is 9.18 Å². The molecule has 0 aliphatic rings. The van der Waals surface area contributed by atoms with Crippen molar-refractivity contribution in [3.63, 3.8) is 0 Å². The number of thioether (sulfide) groups is 1. The lowest BCUT2D eigenvalue weighted by atomic mass is 10.1. The van der Waals surface area contributed by atoms with Gasteiger partial charge < -0.3 is 4.74 Å². The molecule has 0 radical (unpaired) electrons. The Bertz CT molecular complexity index is 668. The summed E-state index contributed by atoms with van der Waals surface area (Å²) in [5, 5.41) is 0. The van der Waals surface area contributed by atoms with Crippen LogP contribution in [0.1, 0.15) is 21.5 Å². The molecule has 0 aromatic heterocycles. The lowest BCUT2D eigenvalue weighted by Crippen LogP contribution is -2.03. The number of methoxy groups -OCH3 is 1. The molecule has 0 aliphatic heterocycles. The summed E-state index contributed by atoms with van der Waals surface area (Å²) in [6.45, 7) is 4.09. The Balaban J connectivity index is 2.04. The van der Waals surface area contributed by atoms with Gasteiger partial charge in [0.1, 0.15) is 0 Å². The molecule has 21 heavy (non-hydrogen) atoms. The molecule has 0 bridgehead atoms. The summed E-state index contributed by atoms with van der Waals surface area (Å²) in [4.78, 5) is 13.1. The van der Waals surface area contributed by atoms with E-state index in [0.29, 0.717) is 5.56 Å². The summed E-state index contributed by atoms with van der Waals surface area (Å²) < 4.78 is 18.4. The molecule has 0 fully saturated rings. The average Bonchev–Trinajstić information content (AvgIpc) is 2.48. The van der Waals surface area contributed by atoms with Gasteiger partial charge in [-0.05, 0) is 55.3 Å². The molecule has 0 amide bonds. The number of hydrogen-bond donors (Lipinski definition) is 0. The maximum absolute atomic E-state index is 13.6. The zero-order chi connectivity index (χ0) is 15.4. The molecule has 0 aliphatic carbocycles. The zero-order valence-corrected chi connectivity index (χ0v) is 13.1. The Labute approximate surface area is 128 Å². The number of halogens is 1. The highest BCUT2D eigenvalue weighted by Crippen LogP contribution is 2.23. The van der Waals surface area contributed by atoms with Crippen LogP contribution in [0.2, 0.25) is 0 Å². The van der Waals surface area contributed by atoms with Crippen molar-refractivity contribution in [2.75, 3.05) is 12.9 Å². The molecule has 0 saturated carbocycles. The Kier molecular flexibility index (Phi) is 5.02. The summed E-state index contributed by atoms with van der Waals surface area (Å²) in [6.07, 6.45) is 0. The first-order valence-corrected chi connectivity index (χ1v) is 7.56. The Hall–Kier alpha value is -1.81. The van der Waals surface area contributed by atoms with Crippen molar-refractivity contribution in [1.29, 1.82) is 0 Å². The number of carbonyl (C=O) groups excluding carboxylic acids is 1. The van der Waals surface area contributed by atoms with Gasteiger partial charge in [-0.2, -0.15) is 0 Å². The van der Waals surface area contributed by atoms with E-state index < -0.39 is 5.82 Å². The van der Waals surface area contributed by atoms with E-state index in [1.807, 2.05) is 19.1 Å². The van der Waals surface area contributed by atoms with Gasteiger partial charge in [-0.15, -0.1) is 11.8 Å². The minimum Gasteiger partial charge on any atom is -0.494 e. The van der Waals surface area contributed by atoms with Gasteiger partial charge in [0.25, 0.3) is 0 Å². The standard InChI is InChI=1S/C17H17FO2S/c1-11-4-6-14(8-12(11)2)21-10-16(19)13-5-7-17(20-3)15(18)9-13/h4-9H,10H2,1-3H3. The van der Waals surface area contributed by atoms with Gasteiger partial charge in [0.2, 0.25) is 0 Å². The maximum Gasteiger partial charge on any atom is 0.173 e. The van der Waals surface area contributed by atoms with E-state index >= 15 is 0 Å². The predicted octanol–water partition coefficient (Wildman–Crippen LogP) is 4.43. The van der Waals surface area contributed by atoms with Crippen molar-refractivity contribution in [3.8, 4) is 5.75 Å². The SMILES string of the molecule is COc1ccc(C(=O)CSc2ccc(C)c(C)c2)cc1F. The third kappa shape index (κ3) is 3.85. The number of ketones is 1. The molecule has 0 N–H and O–H groups in total. The van der Waals surface area contributed by atoms with Crippen molar-refractivity contribution in [2.24, 2.45) is 0 Å². The molecule has 0 unspecified atom stereocenters. The molecule has 4 heteroatoms. The molecule has 2 aromatic rings. The number of benzene rings is 2. The van der Waals surface area contributed by atoms with Gasteiger partial charge >= 0.3 is 0 Å². The molecule has 0 spiro atoms. The summed E-state index contributed by atoms with van der Waals surface area (Å²) in [6, 6.07) is 10.4. The molecule has 0 saturated heterocycles. The van der Waals surface area contributed by atoms with Crippen LogP contribution in [0, 0.1) is 19.7 Å². The minimum absolute atomic E-state index is 0.0974. The molecule has 2 rings (SSSR count). The van der Waals surface area contributed by atoms with Crippen molar-refractivity contribution < 1.29 is 13.9 Å². The first kappa shape index (κ1) is 15.6. The van der Waals surface area contributed by atoms with Crippen LogP contribution in [0.15, 0.2) is 41.3 Å². The second kappa shape index (κ2) is 6.76. The fourth-order valence-electron chi connectivity index (χ4n) is 1.88. The molecule has 2 nitrogen and oxygen atoms in total. The number of Topliss-reactive ketones (excluding diaryl/α,β-unsaturated/α-hetero) is 1. The monoisotopic (exact) mass is 304 g/mol. The van der Waals surface area contributed by atoms with Crippen LogP contribution in [-0.4, -0.2) is 18.6 Å². The average molecular weight is 304 g/mol. The highest BCUT2D eigenvalue weighted by atomic mass is 32.2. The van der Waals surface area contributed by atoms with E-state index in [1.165, 1.54) is 42.1 Å². The Morgan fingerprint density at radius 2 is 1.90 bits per heavy atom. The fourth-order valence-corrected chi connectivity index (χ4v) is 2.76. The lowest BCUT2D eigenvalue weighted by Gasteiger charge is -2.06. The van der Waals surface area contributed by atoms with Crippen LogP contribution in [0.3, 0.4) is 0 Å². The number of aryl methyl sites for hydroxylation is 2. The third-order valence-electron chi connectivity index (χ3n) is 3.32. The first-order chi connectivity index (χ1) is 10.0. The van der Waals surface area contributed by atoms with Gasteiger partial charge in [0.15, 0.2) is 17.3 Å². The highest BCUT2D eigenvalue weighted by Gasteiger charge is 2.11. The smallest absolute Gasteiger partial charge is 0.173 e. The number of rotatable bonds is 5. The van der Waals surface area contributed by atoms with Crippen LogP contribution in [0.4, 0.5) is 4.39 Å². The van der Waals surface area contributed by atoms with E-state index in [0.717, 1.165) is 4.90 Å². The zero-order valence-electron chi connectivity index (χ0n) is 12.3. The van der Waals surface area contributed by atoms with Gasteiger partial charge in [-0.3, -0.25) is 4.79 Å². The van der Waals surface area contributed by atoms with Gasteiger partial charge in [0, 0.05) is 10.5 Å². The molecule has 110 valence electrons. The minimum atomic E-state index is -0.514. The molecule has 0 heterocycles. The fraction of sp³-hybridized carbons (Fsp3) is 0.235. The molecule has 0 atom stereocenters. The van der Waals surface area contributed by atoms with E-state index in [-0.39, 0.29) is 17.3 Å². The van der Waals surface area contributed by atoms with Gasteiger partial charge in [0.05, 0.1) is 12.9 Å². The summed E-state index contributed by atoms with van der Waals surface area (Å²) >= 11 is 1.46. The molecular weight excluding hydrogens is 287 g/mol. The molecular formula is C17H17FO2S. The van der Waals surface area contributed by atoms with Gasteiger partial charge in [-0.25, -0.2) is 4.39 Å². The summed E-state index contributed by atoms with van der Waals surface area (Å²) in [7, 11) is 1.40. The number of hydrogen-bond acceptors (Lipinski definition) is 3. The van der Waals surface area contributed by atoms with Crippen LogP contribution in [-0.2, 0) is 0 Å². The summed E-state index contributed by atoms with van der Waals surface area (Å²) in [5.74, 6) is -0.179. The normalized spacial score (nSPS) is 10.5. The largest absolute Gasteiger partial charge is 0.494 e. The van der Waals surface area contributed by atoms with Gasteiger partial charge in [-0.1, -0.05) is 6.07 Å². The quantitative estimate of drug-likeness (QED) is 0.604. The van der Waals surface area contributed by atoms with E-state index in [1.54, 1.807) is 6.07 Å². The Morgan fingerprint density at radius 3 is 2.52 bits per heavy atom. The van der Waals surface area contributed by atoms with E-state index in [4.69, 9.17) is 4.74 Å². The Morgan fingerprint density at radius 1 is 1.14 bits per heavy atom. The maximum atomic E-state index is 13.6. The molecule has 2 aromatic carbocycles. The van der Waals surface area contributed by atoms with Crippen molar-refractivity contribution in [1.82, 2.24) is 0 Å². The van der Waals surface area contributed by atoms with E-state index in [2.05, 4.69) is 13.0 Å². The second-order valence-corrected chi connectivity index (χ2v) is 5.86. The van der Waals surface area contributed by atoms with Crippen molar-refractivity contribution in [2.45, 2.75) is 18.7 Å².